The summed E-state index contributed by atoms with van der Waals surface area (Å²) in [7, 11) is 0. The summed E-state index contributed by atoms with van der Waals surface area (Å²) < 4.78 is 5.12. The van der Waals surface area contributed by atoms with Crippen LogP contribution < -0.4 is 0 Å². The van der Waals surface area contributed by atoms with Gasteiger partial charge in [0.05, 0.1) is 31.7 Å². The van der Waals surface area contributed by atoms with Gasteiger partial charge in [0.15, 0.2) is 0 Å². The van der Waals surface area contributed by atoms with Gasteiger partial charge in [-0.1, -0.05) is 19.8 Å². The van der Waals surface area contributed by atoms with E-state index in [1.165, 1.54) is 0 Å². The first kappa shape index (κ1) is 18.9. The lowest BCUT2D eigenvalue weighted by Crippen LogP contribution is -2.28. The summed E-state index contributed by atoms with van der Waals surface area (Å²) in [5.41, 5.74) is 0. The number of aliphatic hydroxyl groups excluding tert-OH is 2. The van der Waals surface area contributed by atoms with Crippen LogP contribution in [0.3, 0.4) is 0 Å². The zero-order chi connectivity index (χ0) is 15.4. The Morgan fingerprint density at radius 2 is 1.75 bits per heavy atom. The van der Waals surface area contributed by atoms with Gasteiger partial charge in [-0.25, -0.2) is 0 Å². The molecule has 3 N–H and O–H groups in total. The third kappa shape index (κ3) is 8.12. The Hall–Kier alpha value is -1.14. The van der Waals surface area contributed by atoms with E-state index in [0.717, 1.165) is 25.7 Å². The lowest BCUT2D eigenvalue weighted by molar-refractivity contribution is -0.152. The maximum atomic E-state index is 11.6. The maximum Gasteiger partial charge on any atom is 0.308 e. The molecule has 0 aromatic carbocycles. The van der Waals surface area contributed by atoms with E-state index in [1.807, 2.05) is 6.92 Å². The number of ether oxygens (including phenoxy) is 1. The number of carbonyl (C=O) groups excluding carboxylic acids is 1. The van der Waals surface area contributed by atoms with Crippen molar-refractivity contribution in [2.75, 3.05) is 19.8 Å². The Balaban J connectivity index is 0.000000796. The summed E-state index contributed by atoms with van der Waals surface area (Å²) in [6, 6.07) is 0. The molecule has 0 radical (unpaired) electrons. The molecule has 6 nitrogen and oxygen atoms in total. The molecule has 0 bridgehead atoms. The molecule has 6 heteroatoms. The molecule has 1 aliphatic carbocycles. The molecule has 1 fully saturated rings. The normalized spacial score (nSPS) is 21.6. The monoisotopic (exact) mass is 290 g/mol. The van der Waals surface area contributed by atoms with Crippen LogP contribution in [0.25, 0.3) is 0 Å². The molecular weight excluding hydrogens is 264 g/mol. The van der Waals surface area contributed by atoms with Gasteiger partial charge in [-0.15, -0.1) is 0 Å². The SMILES string of the molecule is CCCCOC(=O)C1CCCC(C(=O)O)C1.OCCO. The molecule has 0 aromatic rings. The predicted octanol–water partition coefficient (Wildman–Crippen LogP) is 1.19. The van der Waals surface area contributed by atoms with E-state index >= 15 is 0 Å². The molecule has 2 unspecified atom stereocenters. The van der Waals surface area contributed by atoms with Gasteiger partial charge in [0.25, 0.3) is 0 Å². The first-order chi connectivity index (χ1) is 9.56. The highest BCUT2D eigenvalue weighted by molar-refractivity contribution is 5.75. The fourth-order valence-electron chi connectivity index (χ4n) is 2.06. The van der Waals surface area contributed by atoms with Crippen molar-refractivity contribution in [3.05, 3.63) is 0 Å². The van der Waals surface area contributed by atoms with Crippen LogP contribution >= 0.6 is 0 Å². The molecule has 2 atom stereocenters. The number of hydrogen-bond donors (Lipinski definition) is 3. The summed E-state index contributed by atoms with van der Waals surface area (Å²) >= 11 is 0. The van der Waals surface area contributed by atoms with Crippen LogP contribution in [0.2, 0.25) is 0 Å². The van der Waals surface area contributed by atoms with Crippen molar-refractivity contribution < 1.29 is 29.6 Å². The number of rotatable bonds is 6. The van der Waals surface area contributed by atoms with Crippen LogP contribution in [-0.2, 0) is 14.3 Å². The van der Waals surface area contributed by atoms with Gasteiger partial charge in [-0.05, 0) is 25.7 Å². The number of esters is 1. The highest BCUT2D eigenvalue weighted by Crippen LogP contribution is 2.30. The predicted molar refractivity (Wildman–Crippen MR) is 73.1 cm³/mol. The second-order valence-corrected chi connectivity index (χ2v) is 4.87. The Labute approximate surface area is 119 Å². The average molecular weight is 290 g/mol. The standard InChI is InChI=1S/C12H20O4.C2H6O2/c1-2-3-7-16-12(15)10-6-4-5-9(8-10)11(13)14;3-1-2-4/h9-10H,2-8H2,1H3,(H,13,14);3-4H,1-2H2. The Morgan fingerprint density at radius 1 is 1.15 bits per heavy atom. The van der Waals surface area contributed by atoms with Gasteiger partial charge >= 0.3 is 11.9 Å². The van der Waals surface area contributed by atoms with Gasteiger partial charge in [0.2, 0.25) is 0 Å². The number of hydrogen-bond acceptors (Lipinski definition) is 5. The zero-order valence-corrected chi connectivity index (χ0v) is 12.1. The number of unbranched alkanes of at least 4 members (excludes halogenated alkanes) is 1. The summed E-state index contributed by atoms with van der Waals surface area (Å²) in [6.07, 6.45) is 4.59. The molecule has 0 heterocycles. The largest absolute Gasteiger partial charge is 0.481 e. The smallest absolute Gasteiger partial charge is 0.308 e. The molecule has 0 spiro atoms. The molecule has 1 saturated carbocycles. The summed E-state index contributed by atoms with van der Waals surface area (Å²) in [4.78, 5) is 22.5. The summed E-state index contributed by atoms with van der Waals surface area (Å²) in [5.74, 6) is -1.56. The summed E-state index contributed by atoms with van der Waals surface area (Å²) in [5, 5.41) is 24.1. The van der Waals surface area contributed by atoms with Gasteiger partial charge in [-0.2, -0.15) is 0 Å². The van der Waals surface area contributed by atoms with Crippen LogP contribution in [-0.4, -0.2) is 47.1 Å². The van der Waals surface area contributed by atoms with Crippen molar-refractivity contribution in [2.45, 2.75) is 45.4 Å². The quantitative estimate of drug-likeness (QED) is 0.501. The lowest BCUT2D eigenvalue weighted by Gasteiger charge is -2.24. The second-order valence-electron chi connectivity index (χ2n) is 4.87. The van der Waals surface area contributed by atoms with E-state index < -0.39 is 5.97 Å². The molecule has 0 amide bonds. The minimum Gasteiger partial charge on any atom is -0.481 e. The number of aliphatic carboxylic acids is 1. The minimum atomic E-state index is -0.786. The first-order valence-electron chi connectivity index (χ1n) is 7.17. The highest BCUT2D eigenvalue weighted by atomic mass is 16.5. The second kappa shape index (κ2) is 11.7. The van der Waals surface area contributed by atoms with Crippen molar-refractivity contribution in [2.24, 2.45) is 11.8 Å². The van der Waals surface area contributed by atoms with E-state index in [0.29, 0.717) is 19.4 Å². The third-order valence-electron chi connectivity index (χ3n) is 3.20. The van der Waals surface area contributed by atoms with E-state index in [4.69, 9.17) is 20.1 Å². The maximum absolute atomic E-state index is 11.6. The van der Waals surface area contributed by atoms with Crippen LogP contribution in [0.5, 0.6) is 0 Å². The molecule has 20 heavy (non-hydrogen) atoms. The highest BCUT2D eigenvalue weighted by Gasteiger charge is 2.31. The van der Waals surface area contributed by atoms with Crippen molar-refractivity contribution in [1.82, 2.24) is 0 Å². The first-order valence-corrected chi connectivity index (χ1v) is 7.17. The fourth-order valence-corrected chi connectivity index (χ4v) is 2.06. The molecular formula is C14H26O6. The number of aliphatic hydroxyl groups is 2. The van der Waals surface area contributed by atoms with E-state index in [1.54, 1.807) is 0 Å². The molecule has 0 aliphatic heterocycles. The molecule has 1 aliphatic rings. The molecule has 1 rings (SSSR count). The van der Waals surface area contributed by atoms with E-state index in [9.17, 15) is 9.59 Å². The Bertz CT molecular complexity index is 277. The van der Waals surface area contributed by atoms with Crippen LogP contribution in [0.15, 0.2) is 0 Å². The third-order valence-corrected chi connectivity index (χ3v) is 3.20. The number of carbonyl (C=O) groups is 2. The summed E-state index contributed by atoms with van der Waals surface area (Å²) in [6.45, 7) is 2.25. The van der Waals surface area contributed by atoms with Crippen LogP contribution in [0.4, 0.5) is 0 Å². The van der Waals surface area contributed by atoms with Gasteiger partial charge in [0.1, 0.15) is 0 Å². The molecule has 118 valence electrons. The molecule has 0 saturated heterocycles. The Kier molecular flexibility index (Phi) is 11.0. The number of carboxylic acids is 1. The van der Waals surface area contributed by atoms with E-state index in [2.05, 4.69) is 0 Å². The van der Waals surface area contributed by atoms with Crippen molar-refractivity contribution in [1.29, 1.82) is 0 Å². The van der Waals surface area contributed by atoms with E-state index in [-0.39, 0.29) is 31.0 Å². The molecule has 0 aromatic heterocycles. The Morgan fingerprint density at radius 3 is 2.25 bits per heavy atom. The zero-order valence-electron chi connectivity index (χ0n) is 12.1. The van der Waals surface area contributed by atoms with Crippen molar-refractivity contribution in [3.63, 3.8) is 0 Å². The van der Waals surface area contributed by atoms with Crippen molar-refractivity contribution in [3.8, 4) is 0 Å². The lowest BCUT2D eigenvalue weighted by atomic mass is 9.81. The van der Waals surface area contributed by atoms with Gasteiger partial charge < -0.3 is 20.1 Å². The van der Waals surface area contributed by atoms with Gasteiger partial charge in [0, 0.05) is 0 Å². The van der Waals surface area contributed by atoms with Crippen LogP contribution in [0.1, 0.15) is 45.4 Å². The topological polar surface area (TPSA) is 104 Å². The van der Waals surface area contributed by atoms with Gasteiger partial charge in [-0.3, -0.25) is 9.59 Å². The van der Waals surface area contributed by atoms with Crippen LogP contribution in [0, 0.1) is 11.8 Å². The minimum absolute atomic E-state index is 0.125. The average Bonchev–Trinajstić information content (AvgIpc) is 2.47. The fraction of sp³-hybridized carbons (Fsp3) is 0.857. The van der Waals surface area contributed by atoms with Crippen molar-refractivity contribution >= 4 is 11.9 Å². The number of carboxylic acid groups (broad SMARTS) is 1.